The number of hydrogen-bond donors (Lipinski definition) is 1. The Balaban J connectivity index is 2.56. The molecular formula is C15H14ClFN2O2. The standard InChI is InChI=1S/C15H14ClFN2O2/c1-7(15(20)21)13-8(2)18-14(19-9(13)3)11-5-4-10(17)6-12(11)16/h4-7H,1-3H3,(H,20,21). The molecule has 0 aliphatic carbocycles. The zero-order valence-corrected chi connectivity index (χ0v) is 12.6. The number of aryl methyl sites for hydroxylation is 2. The summed E-state index contributed by atoms with van der Waals surface area (Å²) >= 11 is 6.01. The second-order valence-corrected chi connectivity index (χ2v) is 5.22. The molecule has 0 aliphatic rings. The topological polar surface area (TPSA) is 63.1 Å². The summed E-state index contributed by atoms with van der Waals surface area (Å²) in [6.45, 7) is 5.04. The van der Waals surface area contributed by atoms with Crippen LogP contribution in [0.25, 0.3) is 11.4 Å². The molecule has 0 aliphatic heterocycles. The number of benzene rings is 1. The van der Waals surface area contributed by atoms with Gasteiger partial charge in [0.2, 0.25) is 0 Å². The molecule has 110 valence electrons. The summed E-state index contributed by atoms with van der Waals surface area (Å²) in [5, 5.41) is 9.34. The van der Waals surface area contributed by atoms with E-state index in [1.54, 1.807) is 20.8 Å². The highest BCUT2D eigenvalue weighted by atomic mass is 35.5. The second kappa shape index (κ2) is 5.77. The van der Waals surface area contributed by atoms with E-state index in [1.807, 2.05) is 0 Å². The Bertz CT molecular complexity index is 696. The van der Waals surface area contributed by atoms with Crippen LogP contribution in [-0.4, -0.2) is 21.0 Å². The van der Waals surface area contributed by atoms with Gasteiger partial charge >= 0.3 is 5.97 Å². The second-order valence-electron chi connectivity index (χ2n) is 4.82. The van der Waals surface area contributed by atoms with Crippen LogP contribution < -0.4 is 0 Å². The van der Waals surface area contributed by atoms with Gasteiger partial charge in [0.05, 0.1) is 10.9 Å². The lowest BCUT2D eigenvalue weighted by atomic mass is 9.98. The largest absolute Gasteiger partial charge is 0.481 e. The smallest absolute Gasteiger partial charge is 0.310 e. The lowest BCUT2D eigenvalue weighted by Gasteiger charge is -2.14. The first-order valence-electron chi connectivity index (χ1n) is 6.34. The van der Waals surface area contributed by atoms with Gasteiger partial charge in [-0.2, -0.15) is 0 Å². The SMILES string of the molecule is Cc1nc(-c2ccc(F)cc2Cl)nc(C)c1C(C)C(=O)O. The van der Waals surface area contributed by atoms with Crippen LogP contribution in [0.3, 0.4) is 0 Å². The van der Waals surface area contributed by atoms with Crippen molar-refractivity contribution in [2.75, 3.05) is 0 Å². The fourth-order valence-corrected chi connectivity index (χ4v) is 2.52. The van der Waals surface area contributed by atoms with Gasteiger partial charge in [0.25, 0.3) is 0 Å². The number of aliphatic carboxylic acids is 1. The van der Waals surface area contributed by atoms with Crippen LogP contribution in [0.4, 0.5) is 4.39 Å². The molecule has 0 saturated carbocycles. The van der Waals surface area contributed by atoms with Crippen molar-refractivity contribution < 1.29 is 14.3 Å². The average molecular weight is 309 g/mol. The fourth-order valence-electron chi connectivity index (χ4n) is 2.27. The lowest BCUT2D eigenvalue weighted by molar-refractivity contribution is -0.138. The van der Waals surface area contributed by atoms with Crippen molar-refractivity contribution in [3.05, 3.63) is 46.0 Å². The Kier molecular flexibility index (Phi) is 4.23. The van der Waals surface area contributed by atoms with Crippen molar-refractivity contribution in [3.8, 4) is 11.4 Å². The Labute approximate surface area is 126 Å². The number of aromatic nitrogens is 2. The predicted octanol–water partition coefficient (Wildman–Crippen LogP) is 3.74. The van der Waals surface area contributed by atoms with Crippen molar-refractivity contribution in [3.63, 3.8) is 0 Å². The molecule has 2 aromatic rings. The maximum absolute atomic E-state index is 13.1. The van der Waals surface area contributed by atoms with Gasteiger partial charge in [0.1, 0.15) is 5.82 Å². The first-order valence-corrected chi connectivity index (χ1v) is 6.72. The number of hydrogen-bond acceptors (Lipinski definition) is 3. The highest BCUT2D eigenvalue weighted by Gasteiger charge is 2.21. The van der Waals surface area contributed by atoms with Crippen molar-refractivity contribution in [1.29, 1.82) is 0 Å². The summed E-state index contributed by atoms with van der Waals surface area (Å²) in [7, 11) is 0. The number of nitrogens with zero attached hydrogens (tertiary/aromatic N) is 2. The first-order chi connectivity index (χ1) is 9.81. The van der Waals surface area contributed by atoms with Crippen molar-refractivity contribution in [1.82, 2.24) is 9.97 Å². The van der Waals surface area contributed by atoms with E-state index in [9.17, 15) is 9.18 Å². The summed E-state index contributed by atoms with van der Waals surface area (Å²) in [6.07, 6.45) is 0. The summed E-state index contributed by atoms with van der Waals surface area (Å²) < 4.78 is 13.1. The van der Waals surface area contributed by atoms with Crippen LogP contribution in [-0.2, 0) is 4.79 Å². The quantitative estimate of drug-likeness (QED) is 0.938. The number of carbonyl (C=O) groups is 1. The van der Waals surface area contributed by atoms with Gasteiger partial charge in [-0.05, 0) is 39.0 Å². The van der Waals surface area contributed by atoms with E-state index in [1.165, 1.54) is 18.2 Å². The molecule has 1 aromatic heterocycles. The number of rotatable bonds is 3. The van der Waals surface area contributed by atoms with Crippen LogP contribution in [0.15, 0.2) is 18.2 Å². The summed E-state index contributed by atoms with van der Waals surface area (Å²) in [5.41, 5.74) is 2.25. The zero-order chi connectivity index (χ0) is 15.7. The van der Waals surface area contributed by atoms with Crippen molar-refractivity contribution >= 4 is 17.6 Å². The van der Waals surface area contributed by atoms with E-state index in [0.29, 0.717) is 28.3 Å². The Morgan fingerprint density at radius 1 is 1.29 bits per heavy atom. The number of carboxylic acids is 1. The summed E-state index contributed by atoms with van der Waals surface area (Å²) in [4.78, 5) is 19.8. The van der Waals surface area contributed by atoms with E-state index in [4.69, 9.17) is 16.7 Å². The van der Waals surface area contributed by atoms with Crippen LogP contribution in [0.1, 0.15) is 29.8 Å². The molecule has 0 amide bonds. The maximum atomic E-state index is 13.1. The van der Waals surface area contributed by atoms with Gasteiger partial charge in [0, 0.05) is 22.5 Å². The van der Waals surface area contributed by atoms with Crippen molar-refractivity contribution in [2.45, 2.75) is 26.7 Å². The summed E-state index contributed by atoms with van der Waals surface area (Å²) in [5.74, 6) is -1.70. The Morgan fingerprint density at radius 2 is 1.86 bits per heavy atom. The number of halogens is 2. The monoisotopic (exact) mass is 308 g/mol. The van der Waals surface area contributed by atoms with Gasteiger partial charge in [-0.1, -0.05) is 11.6 Å². The molecule has 0 radical (unpaired) electrons. The molecule has 1 aromatic carbocycles. The minimum Gasteiger partial charge on any atom is -0.481 e. The van der Waals surface area contributed by atoms with Crippen LogP contribution in [0.2, 0.25) is 5.02 Å². The van der Waals surface area contributed by atoms with Crippen LogP contribution in [0.5, 0.6) is 0 Å². The fraction of sp³-hybridized carbons (Fsp3) is 0.267. The van der Waals surface area contributed by atoms with E-state index >= 15 is 0 Å². The predicted molar refractivity (Wildman–Crippen MR) is 78.0 cm³/mol. The van der Waals surface area contributed by atoms with Gasteiger partial charge in [-0.3, -0.25) is 4.79 Å². The molecule has 1 heterocycles. The molecule has 21 heavy (non-hydrogen) atoms. The van der Waals surface area contributed by atoms with Gasteiger partial charge in [-0.25, -0.2) is 14.4 Å². The van der Waals surface area contributed by atoms with Gasteiger partial charge in [-0.15, -0.1) is 0 Å². The third-order valence-corrected chi connectivity index (χ3v) is 3.61. The minimum absolute atomic E-state index is 0.216. The molecule has 6 heteroatoms. The van der Waals surface area contributed by atoms with E-state index < -0.39 is 17.7 Å². The lowest BCUT2D eigenvalue weighted by Crippen LogP contribution is -2.13. The minimum atomic E-state index is -0.933. The molecule has 0 bridgehead atoms. The first kappa shape index (κ1) is 15.4. The highest BCUT2D eigenvalue weighted by Crippen LogP contribution is 2.29. The van der Waals surface area contributed by atoms with E-state index in [2.05, 4.69) is 9.97 Å². The molecular weight excluding hydrogens is 295 g/mol. The van der Waals surface area contributed by atoms with E-state index in [0.717, 1.165) is 0 Å². The molecule has 0 saturated heterocycles. The Hall–Kier alpha value is -2.01. The molecule has 2 rings (SSSR count). The third kappa shape index (κ3) is 3.03. The molecule has 4 nitrogen and oxygen atoms in total. The van der Waals surface area contributed by atoms with Crippen molar-refractivity contribution in [2.24, 2.45) is 0 Å². The molecule has 0 fully saturated rings. The highest BCUT2D eigenvalue weighted by molar-refractivity contribution is 6.33. The zero-order valence-electron chi connectivity index (χ0n) is 11.8. The van der Waals surface area contributed by atoms with E-state index in [-0.39, 0.29) is 5.02 Å². The number of carboxylic acid groups (broad SMARTS) is 1. The molecule has 1 N–H and O–H groups in total. The normalized spacial score (nSPS) is 12.2. The molecule has 0 spiro atoms. The molecule has 1 unspecified atom stereocenters. The average Bonchev–Trinajstić information content (AvgIpc) is 2.37. The maximum Gasteiger partial charge on any atom is 0.310 e. The van der Waals surface area contributed by atoms with Gasteiger partial charge in [0.15, 0.2) is 5.82 Å². The third-order valence-electron chi connectivity index (χ3n) is 3.30. The van der Waals surface area contributed by atoms with Gasteiger partial charge < -0.3 is 5.11 Å². The Morgan fingerprint density at radius 3 is 2.33 bits per heavy atom. The molecule has 1 atom stereocenters. The summed E-state index contributed by atoms with van der Waals surface area (Å²) in [6, 6.07) is 3.98. The van der Waals surface area contributed by atoms with Crippen LogP contribution >= 0.6 is 11.6 Å². The van der Waals surface area contributed by atoms with Crippen LogP contribution in [0, 0.1) is 19.7 Å².